The number of nitrogens with one attached hydrogen (secondary N) is 1. The van der Waals surface area contributed by atoms with Crippen LogP contribution in [-0.2, 0) is 14.8 Å². The van der Waals surface area contributed by atoms with Crippen LogP contribution in [0.1, 0.15) is 12.8 Å². The Hall–Kier alpha value is -1.31. The Morgan fingerprint density at radius 1 is 0.963 bits per heavy atom. The zero-order valence-corrected chi connectivity index (χ0v) is 17.2. The molecule has 2 aromatic rings. The first kappa shape index (κ1) is 20.4. The lowest BCUT2D eigenvalue weighted by atomic mass is 9.97. The number of hydrogen-bond donors (Lipinski definition) is 1. The predicted molar refractivity (Wildman–Crippen MR) is 108 cm³/mol. The van der Waals surface area contributed by atoms with Crippen LogP contribution in [0.25, 0.3) is 0 Å². The summed E-state index contributed by atoms with van der Waals surface area (Å²) in [5, 5.41) is 3.64. The van der Waals surface area contributed by atoms with Gasteiger partial charge in [-0.05, 0) is 37.1 Å². The van der Waals surface area contributed by atoms with Gasteiger partial charge in [0.2, 0.25) is 15.9 Å². The second-order valence-corrected chi connectivity index (χ2v) is 9.39. The third-order valence-corrected chi connectivity index (χ3v) is 7.42. The van der Waals surface area contributed by atoms with Gasteiger partial charge in [0.15, 0.2) is 0 Å². The Balaban J connectivity index is 1.64. The molecule has 9 heteroatoms. The van der Waals surface area contributed by atoms with E-state index in [0.29, 0.717) is 33.6 Å². The van der Waals surface area contributed by atoms with Crippen molar-refractivity contribution < 1.29 is 13.2 Å². The second-order valence-electron chi connectivity index (χ2n) is 6.23. The molecule has 1 amide bonds. The standard InChI is InChI=1S/C18H17Cl3N2O3S/c19-14-10-16(21)17(11-15(14)20)22-18(24)12-6-8-23(9-7-12)27(25,26)13-4-2-1-3-5-13/h1-5,10-12H,6-9H2,(H,22,24). The molecule has 27 heavy (non-hydrogen) atoms. The summed E-state index contributed by atoms with van der Waals surface area (Å²) in [6.45, 7) is 0.564. The van der Waals surface area contributed by atoms with E-state index in [1.165, 1.54) is 16.4 Å². The minimum Gasteiger partial charge on any atom is -0.324 e. The zero-order chi connectivity index (χ0) is 19.6. The molecule has 0 spiro atoms. The van der Waals surface area contributed by atoms with Crippen molar-refractivity contribution in [1.82, 2.24) is 4.31 Å². The van der Waals surface area contributed by atoms with Gasteiger partial charge in [0.25, 0.3) is 0 Å². The maximum Gasteiger partial charge on any atom is 0.243 e. The Labute approximate surface area is 173 Å². The summed E-state index contributed by atoms with van der Waals surface area (Å²) in [6, 6.07) is 11.3. The molecule has 3 rings (SSSR count). The number of nitrogens with zero attached hydrogens (tertiary/aromatic N) is 1. The molecule has 0 radical (unpaired) electrons. The molecule has 144 valence electrons. The van der Waals surface area contributed by atoms with Gasteiger partial charge in [0.05, 0.1) is 25.7 Å². The van der Waals surface area contributed by atoms with Crippen molar-refractivity contribution in [2.24, 2.45) is 5.92 Å². The molecular formula is C18H17Cl3N2O3S. The van der Waals surface area contributed by atoms with Crippen LogP contribution >= 0.6 is 34.8 Å². The van der Waals surface area contributed by atoms with E-state index >= 15 is 0 Å². The molecule has 2 aromatic carbocycles. The molecule has 0 saturated carbocycles. The van der Waals surface area contributed by atoms with Gasteiger partial charge in [0, 0.05) is 19.0 Å². The second kappa shape index (κ2) is 8.37. The van der Waals surface area contributed by atoms with E-state index < -0.39 is 10.0 Å². The third kappa shape index (κ3) is 4.58. The van der Waals surface area contributed by atoms with Gasteiger partial charge in [-0.3, -0.25) is 4.79 Å². The number of benzene rings is 2. The highest BCUT2D eigenvalue weighted by Gasteiger charge is 2.32. The van der Waals surface area contributed by atoms with E-state index in [2.05, 4.69) is 5.32 Å². The van der Waals surface area contributed by atoms with Crippen LogP contribution < -0.4 is 5.32 Å². The Morgan fingerprint density at radius 2 is 1.56 bits per heavy atom. The molecule has 1 aliphatic heterocycles. The fraction of sp³-hybridized carbons (Fsp3) is 0.278. The molecule has 1 aliphatic rings. The highest BCUT2D eigenvalue weighted by molar-refractivity contribution is 7.89. The summed E-state index contributed by atoms with van der Waals surface area (Å²) >= 11 is 17.9. The maximum absolute atomic E-state index is 12.6. The van der Waals surface area contributed by atoms with E-state index in [4.69, 9.17) is 34.8 Å². The van der Waals surface area contributed by atoms with Crippen molar-refractivity contribution in [3.8, 4) is 0 Å². The number of hydrogen-bond acceptors (Lipinski definition) is 3. The first-order chi connectivity index (χ1) is 12.8. The van der Waals surface area contributed by atoms with Gasteiger partial charge in [-0.1, -0.05) is 53.0 Å². The van der Waals surface area contributed by atoms with Crippen molar-refractivity contribution in [2.75, 3.05) is 18.4 Å². The molecule has 1 fully saturated rings. The first-order valence-corrected chi connectivity index (χ1v) is 10.9. The molecule has 0 aromatic heterocycles. The zero-order valence-electron chi connectivity index (χ0n) is 14.2. The lowest BCUT2D eigenvalue weighted by molar-refractivity contribution is -0.120. The smallest absolute Gasteiger partial charge is 0.243 e. The number of anilines is 1. The van der Waals surface area contributed by atoms with Crippen molar-refractivity contribution in [3.63, 3.8) is 0 Å². The van der Waals surface area contributed by atoms with Crippen LogP contribution in [0.3, 0.4) is 0 Å². The van der Waals surface area contributed by atoms with E-state index in [0.717, 1.165) is 0 Å². The molecule has 0 atom stereocenters. The number of sulfonamides is 1. The molecular weight excluding hydrogens is 431 g/mol. The number of carbonyl (C=O) groups excluding carboxylic acids is 1. The lowest BCUT2D eigenvalue weighted by Gasteiger charge is -2.30. The Morgan fingerprint density at radius 3 is 2.19 bits per heavy atom. The van der Waals surface area contributed by atoms with Crippen molar-refractivity contribution in [3.05, 3.63) is 57.5 Å². The molecule has 1 saturated heterocycles. The van der Waals surface area contributed by atoms with E-state index in [1.807, 2.05) is 0 Å². The van der Waals surface area contributed by atoms with Crippen LogP contribution in [0.5, 0.6) is 0 Å². The van der Waals surface area contributed by atoms with Crippen LogP contribution in [0.15, 0.2) is 47.4 Å². The normalized spacial score (nSPS) is 16.3. The molecule has 1 N–H and O–H groups in total. The summed E-state index contributed by atoms with van der Waals surface area (Å²) in [7, 11) is -3.54. The SMILES string of the molecule is O=C(Nc1cc(Cl)c(Cl)cc1Cl)C1CCN(S(=O)(=O)c2ccccc2)CC1. The first-order valence-electron chi connectivity index (χ1n) is 8.29. The summed E-state index contributed by atoms with van der Waals surface area (Å²) in [5.41, 5.74) is 0.385. The van der Waals surface area contributed by atoms with Crippen LogP contribution in [-0.4, -0.2) is 31.7 Å². The maximum atomic E-state index is 12.6. The molecule has 0 aliphatic carbocycles. The average Bonchev–Trinajstić information content (AvgIpc) is 2.67. The number of piperidine rings is 1. The molecule has 0 unspecified atom stereocenters. The predicted octanol–water partition coefficient (Wildman–Crippen LogP) is 4.69. The molecule has 5 nitrogen and oxygen atoms in total. The summed E-state index contributed by atoms with van der Waals surface area (Å²) in [5.74, 6) is -0.523. The van der Waals surface area contributed by atoms with Crippen molar-refractivity contribution in [2.45, 2.75) is 17.7 Å². The minimum atomic E-state index is -3.54. The van der Waals surface area contributed by atoms with Crippen molar-refractivity contribution in [1.29, 1.82) is 0 Å². The van der Waals surface area contributed by atoms with Gasteiger partial charge in [-0.2, -0.15) is 4.31 Å². The summed E-state index contributed by atoms with van der Waals surface area (Å²) in [4.78, 5) is 12.8. The monoisotopic (exact) mass is 446 g/mol. The third-order valence-electron chi connectivity index (χ3n) is 4.47. The molecule has 1 heterocycles. The van der Waals surface area contributed by atoms with Gasteiger partial charge in [-0.15, -0.1) is 0 Å². The Bertz CT molecular complexity index is 944. The van der Waals surface area contributed by atoms with E-state index in [1.54, 1.807) is 30.3 Å². The van der Waals surface area contributed by atoms with Crippen LogP contribution in [0.2, 0.25) is 15.1 Å². The Kier molecular flexibility index (Phi) is 6.33. The fourth-order valence-corrected chi connectivity index (χ4v) is 5.04. The fourth-order valence-electron chi connectivity index (χ4n) is 2.95. The lowest BCUT2D eigenvalue weighted by Crippen LogP contribution is -2.41. The molecule has 0 bridgehead atoms. The largest absolute Gasteiger partial charge is 0.324 e. The van der Waals surface area contributed by atoms with Crippen molar-refractivity contribution >= 4 is 56.4 Å². The van der Waals surface area contributed by atoms with E-state index in [-0.39, 0.29) is 29.8 Å². The number of amides is 1. The number of carbonyl (C=O) groups is 1. The average molecular weight is 448 g/mol. The van der Waals surface area contributed by atoms with Gasteiger partial charge in [0.1, 0.15) is 0 Å². The van der Waals surface area contributed by atoms with Crippen LogP contribution in [0, 0.1) is 5.92 Å². The highest BCUT2D eigenvalue weighted by Crippen LogP contribution is 2.33. The number of rotatable bonds is 4. The van der Waals surface area contributed by atoms with Gasteiger partial charge < -0.3 is 5.32 Å². The topological polar surface area (TPSA) is 66.5 Å². The van der Waals surface area contributed by atoms with Gasteiger partial charge in [-0.25, -0.2) is 8.42 Å². The van der Waals surface area contributed by atoms with Crippen LogP contribution in [0.4, 0.5) is 5.69 Å². The van der Waals surface area contributed by atoms with E-state index in [9.17, 15) is 13.2 Å². The minimum absolute atomic E-state index is 0.216. The summed E-state index contributed by atoms with van der Waals surface area (Å²) < 4.78 is 26.7. The highest BCUT2D eigenvalue weighted by atomic mass is 35.5. The number of halogens is 3. The summed E-state index contributed by atoms with van der Waals surface area (Å²) in [6.07, 6.45) is 0.855. The quantitative estimate of drug-likeness (QED) is 0.692. The van der Waals surface area contributed by atoms with Gasteiger partial charge >= 0.3 is 0 Å².